The molecule has 7 aliphatic carbocycles. The average molecular weight is 894 g/mol. The monoisotopic (exact) mass is 893 g/mol. The van der Waals surface area contributed by atoms with Gasteiger partial charge in [0.25, 0.3) is 0 Å². The van der Waals surface area contributed by atoms with Crippen molar-refractivity contribution in [3.8, 4) is 0 Å². The molecule has 20 N–H and O–H groups in total. The molecule has 378 valence electrons. The van der Waals surface area contributed by atoms with E-state index in [-0.39, 0.29) is 0 Å². The second-order valence-electron chi connectivity index (χ2n) is 24.0. The fourth-order valence-electron chi connectivity index (χ4n) is 11.5. The van der Waals surface area contributed by atoms with Crippen LogP contribution >= 0.6 is 0 Å². The van der Waals surface area contributed by atoms with E-state index in [1.807, 2.05) is 0 Å². The molecule has 0 aromatic rings. The van der Waals surface area contributed by atoms with Crippen LogP contribution in [-0.4, -0.2) is 60.9 Å². The summed E-state index contributed by atoms with van der Waals surface area (Å²) < 4.78 is 0. The summed E-state index contributed by atoms with van der Waals surface area (Å²) >= 11 is 0. The summed E-state index contributed by atoms with van der Waals surface area (Å²) in [5.74, 6) is 4.71. The van der Waals surface area contributed by atoms with Gasteiger partial charge in [-0.25, -0.2) is 0 Å². The third-order valence-electron chi connectivity index (χ3n) is 16.4. The molecule has 10 heteroatoms. The molecule has 0 bridgehead atoms. The van der Waals surface area contributed by atoms with Crippen molar-refractivity contribution < 1.29 is 0 Å². The second-order valence-corrected chi connectivity index (χ2v) is 24.0. The molecule has 0 heterocycles. The largest absolute Gasteiger partial charge is 0.330 e. The minimum Gasteiger partial charge on any atom is -0.330 e. The van der Waals surface area contributed by atoms with E-state index in [2.05, 4.69) is 62.3 Å². The fraction of sp³-hybridized carbons (Fsp3) is 1.00. The highest BCUT2D eigenvalue weighted by Gasteiger charge is 2.38. The molecule has 0 spiro atoms. The lowest BCUT2D eigenvalue weighted by molar-refractivity contribution is 0.0802. The molecule has 0 aromatic heterocycles. The van der Waals surface area contributed by atoms with Crippen LogP contribution in [0.1, 0.15) is 229 Å². The summed E-state index contributed by atoms with van der Waals surface area (Å²) in [5, 5.41) is 0. The Bertz CT molecular complexity index is 1060. The maximum atomic E-state index is 6.06. The Morgan fingerprint density at radius 1 is 0.413 bits per heavy atom. The minimum absolute atomic E-state index is 0.355. The van der Waals surface area contributed by atoms with E-state index in [4.69, 9.17) is 57.3 Å². The Balaban J connectivity index is 0.000000369. The number of hydrogen-bond acceptors (Lipinski definition) is 10. The first-order valence-electron chi connectivity index (χ1n) is 27.0. The summed E-state index contributed by atoms with van der Waals surface area (Å²) in [5.41, 5.74) is 58.4. The van der Waals surface area contributed by atoms with Crippen molar-refractivity contribution in [2.75, 3.05) is 6.54 Å². The van der Waals surface area contributed by atoms with E-state index < -0.39 is 0 Å². The first kappa shape index (κ1) is 60.6. The summed E-state index contributed by atoms with van der Waals surface area (Å²) in [6.45, 7) is 21.5. The van der Waals surface area contributed by atoms with Crippen molar-refractivity contribution in [3.63, 3.8) is 0 Å². The summed E-state index contributed by atoms with van der Waals surface area (Å²) in [7, 11) is 0. The fourth-order valence-corrected chi connectivity index (χ4v) is 11.5. The van der Waals surface area contributed by atoms with Gasteiger partial charge in [-0.2, -0.15) is 0 Å². The molecule has 13 unspecified atom stereocenters. The van der Waals surface area contributed by atoms with Gasteiger partial charge in [0.05, 0.1) is 0 Å². The molecule has 10 nitrogen and oxygen atoms in total. The predicted octanol–water partition coefficient (Wildman–Crippen LogP) is 8.90. The molecule has 0 aliphatic heterocycles. The Kier molecular flexibility index (Phi) is 31.1. The van der Waals surface area contributed by atoms with Gasteiger partial charge in [0.1, 0.15) is 0 Å². The maximum Gasteiger partial charge on any atom is 0.00792 e. The zero-order valence-corrected chi connectivity index (χ0v) is 43.5. The lowest BCUT2D eigenvalue weighted by atomic mass is 9.62. The van der Waals surface area contributed by atoms with Crippen LogP contribution in [0.25, 0.3) is 0 Å². The molecule has 0 aromatic carbocycles. The van der Waals surface area contributed by atoms with E-state index in [1.165, 1.54) is 135 Å². The first-order valence-corrected chi connectivity index (χ1v) is 27.0. The topological polar surface area (TPSA) is 260 Å². The first-order chi connectivity index (χ1) is 29.5. The van der Waals surface area contributed by atoms with E-state index in [0.717, 1.165) is 62.3 Å². The van der Waals surface area contributed by atoms with Crippen LogP contribution < -0.4 is 57.3 Å². The Morgan fingerprint density at radius 3 is 1.29 bits per heavy atom. The van der Waals surface area contributed by atoms with Crippen LogP contribution in [0.5, 0.6) is 0 Å². The van der Waals surface area contributed by atoms with Crippen molar-refractivity contribution in [2.24, 2.45) is 104 Å². The molecule has 0 radical (unpaired) electrons. The van der Waals surface area contributed by atoms with Gasteiger partial charge in [-0.3, -0.25) is 0 Å². The van der Waals surface area contributed by atoms with Gasteiger partial charge in [0.2, 0.25) is 0 Å². The second kappa shape index (κ2) is 32.4. The lowest BCUT2D eigenvalue weighted by Crippen LogP contribution is -2.44. The molecule has 63 heavy (non-hydrogen) atoms. The van der Waals surface area contributed by atoms with Crippen molar-refractivity contribution in [2.45, 2.75) is 284 Å². The van der Waals surface area contributed by atoms with Gasteiger partial charge in [0, 0.05) is 54.4 Å². The van der Waals surface area contributed by atoms with Gasteiger partial charge in [-0.05, 0) is 175 Å². The van der Waals surface area contributed by atoms with Crippen LogP contribution in [0.3, 0.4) is 0 Å². The number of rotatable bonds is 2. The molecule has 0 saturated heterocycles. The molecule has 7 rings (SSSR count). The molecule has 0 amide bonds. The van der Waals surface area contributed by atoms with Crippen LogP contribution in [-0.2, 0) is 0 Å². The molecule has 7 aliphatic rings. The third-order valence-corrected chi connectivity index (χ3v) is 16.4. The van der Waals surface area contributed by atoms with E-state index in [9.17, 15) is 0 Å². The smallest absolute Gasteiger partial charge is 0.00792 e. The van der Waals surface area contributed by atoms with E-state index >= 15 is 0 Å². The van der Waals surface area contributed by atoms with Crippen LogP contribution in [0.4, 0.5) is 0 Å². The lowest BCUT2D eigenvalue weighted by Gasteiger charge is -2.45. The normalized spacial score (nSPS) is 41.1. The highest BCUT2D eigenvalue weighted by atomic mass is 14.7. The van der Waals surface area contributed by atoms with E-state index in [0.29, 0.717) is 77.0 Å². The van der Waals surface area contributed by atoms with Gasteiger partial charge in [0.15, 0.2) is 0 Å². The predicted molar refractivity (Wildman–Crippen MR) is 278 cm³/mol. The zero-order valence-electron chi connectivity index (χ0n) is 43.5. The average Bonchev–Trinajstić information content (AvgIpc) is 3.21. The molecule has 13 atom stereocenters. The minimum atomic E-state index is 0.355. The Labute approximate surface area is 392 Å². The number of hydrogen-bond donors (Lipinski definition) is 10. The van der Waals surface area contributed by atoms with Gasteiger partial charge >= 0.3 is 0 Å². The molecular weight excluding hydrogens is 777 g/mol. The molecule has 7 saturated carbocycles. The molecular formula is C53H116N10. The van der Waals surface area contributed by atoms with Crippen molar-refractivity contribution in [1.82, 2.24) is 0 Å². The standard InChI is InChI=1S/C11H23N.C8H17N.2C7H16N2.2C7H15N.C6H14N2/c1-5-11(4)7-9(12)6-10(2,3)8-11;1-7-3-2-4-8(5-7)6-9;1-5-2-3-6(8)4-7(5)9;1-5-6(8)3-2-4-7(5)9;1-6-2-4-7(8)5-3-6;1-6-4-2-3-5-7(6)8;7-5-2-1-3-6(8)4-5/h9H,5-8,12H2,1-4H3;7-8H,2-6,9H2,1H3;2*5-7H,2-4,8-9H2,1H3;2*6-7H,2-5,8H2,1H3;5-6H,1-4,7-8H2. The summed E-state index contributed by atoms with van der Waals surface area (Å²) in [6.07, 6.45) is 32.7. The third kappa shape index (κ3) is 27.9. The SMILES string of the molecule is CC1C(N)CCCC1N.CC1CCC(N)CC1.CC1CCC(N)CC1N.CC1CCCC(CN)C1.CC1CCCCC1N.CCC1(C)CC(N)CC(C)(C)C1.NC1CCCC(N)C1. The Morgan fingerprint density at radius 2 is 0.905 bits per heavy atom. The zero-order chi connectivity index (χ0) is 47.8. The van der Waals surface area contributed by atoms with Gasteiger partial charge < -0.3 is 57.3 Å². The highest BCUT2D eigenvalue weighted by Crippen LogP contribution is 2.47. The Hall–Kier alpha value is -0.400. The number of nitrogens with two attached hydrogens (primary N) is 10. The quantitative estimate of drug-likeness (QED) is 0.126. The van der Waals surface area contributed by atoms with E-state index in [1.54, 1.807) is 0 Å². The van der Waals surface area contributed by atoms with Crippen molar-refractivity contribution >= 4 is 0 Å². The summed E-state index contributed by atoms with van der Waals surface area (Å²) in [6, 6.07) is 3.67. The van der Waals surface area contributed by atoms with Gasteiger partial charge in [-0.1, -0.05) is 107 Å². The summed E-state index contributed by atoms with van der Waals surface area (Å²) in [4.78, 5) is 0. The van der Waals surface area contributed by atoms with Crippen LogP contribution in [0.15, 0.2) is 0 Å². The molecule has 7 fully saturated rings. The van der Waals surface area contributed by atoms with Crippen molar-refractivity contribution in [1.29, 1.82) is 0 Å². The highest BCUT2D eigenvalue weighted by molar-refractivity contribution is 4.92. The van der Waals surface area contributed by atoms with Crippen LogP contribution in [0, 0.1) is 46.3 Å². The maximum absolute atomic E-state index is 6.06. The van der Waals surface area contributed by atoms with Crippen LogP contribution in [0.2, 0.25) is 0 Å². The van der Waals surface area contributed by atoms with Gasteiger partial charge in [-0.15, -0.1) is 0 Å². The van der Waals surface area contributed by atoms with Crippen molar-refractivity contribution in [3.05, 3.63) is 0 Å².